The molecule has 1 fully saturated rings. The minimum absolute atomic E-state index is 0.0385. The van der Waals surface area contributed by atoms with E-state index in [4.69, 9.17) is 4.98 Å². The molecule has 2 aliphatic rings. The summed E-state index contributed by atoms with van der Waals surface area (Å²) in [6.07, 6.45) is 8.04. The summed E-state index contributed by atoms with van der Waals surface area (Å²) in [5.41, 5.74) is 3.04. The summed E-state index contributed by atoms with van der Waals surface area (Å²) in [4.78, 5) is 19.9. The maximum absolute atomic E-state index is 13.1. The normalized spacial score (nSPS) is 17.7. The Hall–Kier alpha value is -3.48. The van der Waals surface area contributed by atoms with Crippen molar-refractivity contribution in [2.24, 2.45) is 7.05 Å². The van der Waals surface area contributed by atoms with Crippen molar-refractivity contribution >= 4 is 39.1 Å². The van der Waals surface area contributed by atoms with Crippen LogP contribution in [0.1, 0.15) is 64.6 Å². The Labute approximate surface area is 184 Å². The van der Waals surface area contributed by atoms with Crippen LogP contribution in [0.2, 0.25) is 0 Å². The number of ketones is 1. The van der Waals surface area contributed by atoms with Gasteiger partial charge in [0.1, 0.15) is 28.4 Å². The van der Waals surface area contributed by atoms with Crippen LogP contribution in [0.25, 0.3) is 22.0 Å². The van der Waals surface area contributed by atoms with Crippen LogP contribution < -0.4 is 0 Å². The van der Waals surface area contributed by atoms with E-state index in [1.54, 1.807) is 35.6 Å². The summed E-state index contributed by atoms with van der Waals surface area (Å²) in [5, 5.41) is 18.9. The molecule has 3 aromatic rings. The second-order valence-electron chi connectivity index (χ2n) is 8.11. The van der Waals surface area contributed by atoms with E-state index >= 15 is 0 Å². The van der Waals surface area contributed by atoms with Gasteiger partial charge in [-0.15, -0.1) is 11.3 Å². The Morgan fingerprint density at radius 1 is 1.16 bits per heavy atom. The fourth-order valence-corrected chi connectivity index (χ4v) is 5.81. The highest BCUT2D eigenvalue weighted by Crippen LogP contribution is 2.41. The van der Waals surface area contributed by atoms with Crippen LogP contribution in [0.4, 0.5) is 0 Å². The van der Waals surface area contributed by atoms with Crippen molar-refractivity contribution in [1.29, 1.82) is 10.5 Å². The number of hydrogen-bond donors (Lipinski definition) is 0. The highest BCUT2D eigenvalue weighted by molar-refractivity contribution is 7.19. The minimum atomic E-state index is -0.151. The van der Waals surface area contributed by atoms with Crippen molar-refractivity contribution in [2.45, 2.75) is 38.0 Å². The number of nitrogens with zero attached hydrogens (tertiary/aromatic N) is 4. The van der Waals surface area contributed by atoms with E-state index < -0.39 is 0 Å². The third kappa shape index (κ3) is 3.12. The van der Waals surface area contributed by atoms with Gasteiger partial charge >= 0.3 is 0 Å². The lowest BCUT2D eigenvalue weighted by molar-refractivity contribution is 0.104. The van der Waals surface area contributed by atoms with E-state index in [0.717, 1.165) is 21.0 Å². The molecule has 1 aromatic carbocycles. The molecule has 2 aromatic heterocycles. The van der Waals surface area contributed by atoms with E-state index in [0.29, 0.717) is 28.2 Å². The Balaban J connectivity index is 1.60. The van der Waals surface area contributed by atoms with Crippen molar-refractivity contribution in [3.63, 3.8) is 0 Å². The smallest absolute Gasteiger partial charge is 0.194 e. The highest BCUT2D eigenvalue weighted by atomic mass is 32.1. The molecule has 0 spiro atoms. The van der Waals surface area contributed by atoms with Crippen LogP contribution in [0.3, 0.4) is 0 Å². The summed E-state index contributed by atoms with van der Waals surface area (Å²) in [6.45, 7) is 0. The summed E-state index contributed by atoms with van der Waals surface area (Å²) in [6, 6.07) is 13.1. The molecule has 0 unspecified atom stereocenters. The lowest BCUT2D eigenvalue weighted by atomic mass is 9.89. The number of aryl methyl sites for hydroxylation is 1. The lowest BCUT2D eigenvalue weighted by Crippen LogP contribution is -2.10. The number of benzene rings is 1. The van der Waals surface area contributed by atoms with Gasteiger partial charge in [0, 0.05) is 34.6 Å². The molecule has 5 nitrogen and oxygen atoms in total. The van der Waals surface area contributed by atoms with Crippen molar-refractivity contribution < 1.29 is 4.79 Å². The quantitative estimate of drug-likeness (QED) is 0.387. The molecule has 5 rings (SSSR count). The second-order valence-corrected chi connectivity index (χ2v) is 9.17. The van der Waals surface area contributed by atoms with Gasteiger partial charge < -0.3 is 4.57 Å². The van der Waals surface area contributed by atoms with Crippen LogP contribution in [-0.4, -0.2) is 15.3 Å². The van der Waals surface area contributed by atoms with Gasteiger partial charge in [-0.25, -0.2) is 4.98 Å². The van der Waals surface area contributed by atoms with Crippen LogP contribution in [0.15, 0.2) is 41.5 Å². The van der Waals surface area contributed by atoms with Gasteiger partial charge in [-0.3, -0.25) is 4.79 Å². The Bertz CT molecular complexity index is 1350. The molecule has 152 valence electrons. The zero-order chi connectivity index (χ0) is 21.5. The van der Waals surface area contributed by atoms with Crippen molar-refractivity contribution in [3.8, 4) is 12.1 Å². The molecule has 0 bridgehead atoms. The highest BCUT2D eigenvalue weighted by Gasteiger charge is 2.32. The van der Waals surface area contributed by atoms with Crippen molar-refractivity contribution in [2.75, 3.05) is 0 Å². The number of nitriles is 2. The average Bonchev–Trinajstić information content (AvgIpc) is 3.43. The zero-order valence-electron chi connectivity index (χ0n) is 17.2. The summed E-state index contributed by atoms with van der Waals surface area (Å²) >= 11 is 1.54. The first-order valence-corrected chi connectivity index (χ1v) is 11.3. The summed E-state index contributed by atoms with van der Waals surface area (Å²) < 4.78 is 2.18. The number of carbonyl (C=O) groups is 1. The monoisotopic (exact) mass is 424 g/mol. The molecule has 2 aliphatic carbocycles. The molecule has 2 heterocycles. The molecule has 0 N–H and O–H groups in total. The molecule has 1 saturated carbocycles. The molecule has 0 saturated heterocycles. The van der Waals surface area contributed by atoms with Gasteiger partial charge in [-0.2, -0.15) is 10.5 Å². The largest absolute Gasteiger partial charge is 0.330 e. The Morgan fingerprint density at radius 3 is 2.55 bits per heavy atom. The Kier molecular flexibility index (Phi) is 4.81. The SMILES string of the molecule is Cn1c(C2CCCCC2)nc2sc(/C=C3\C(=O)c4ccccc4C3=C(C#N)C#N)cc21. The molecule has 0 atom stereocenters. The van der Waals surface area contributed by atoms with Crippen LogP contribution in [0.5, 0.6) is 0 Å². The van der Waals surface area contributed by atoms with Crippen LogP contribution in [0, 0.1) is 22.7 Å². The number of thiophene rings is 1. The van der Waals surface area contributed by atoms with Gasteiger partial charge in [-0.1, -0.05) is 43.5 Å². The minimum Gasteiger partial charge on any atom is -0.330 e. The summed E-state index contributed by atoms with van der Waals surface area (Å²) in [7, 11) is 2.06. The number of Topliss-reactive ketones (excluding diaryl/α,β-unsaturated/α-hetero) is 1. The number of aromatic nitrogens is 2. The molecule has 6 heteroatoms. The number of fused-ring (bicyclic) bond motifs is 2. The number of hydrogen-bond acceptors (Lipinski definition) is 5. The van der Waals surface area contributed by atoms with E-state index in [1.165, 1.54) is 32.1 Å². The first kappa shape index (κ1) is 19.5. The third-order valence-corrected chi connectivity index (χ3v) is 7.28. The van der Waals surface area contributed by atoms with Gasteiger partial charge in [0.25, 0.3) is 0 Å². The van der Waals surface area contributed by atoms with E-state index in [-0.39, 0.29) is 11.4 Å². The second kappa shape index (κ2) is 7.65. The molecule has 31 heavy (non-hydrogen) atoms. The molecular formula is C25H20N4OS. The average molecular weight is 425 g/mol. The fraction of sp³-hybridized carbons (Fsp3) is 0.280. The lowest BCUT2D eigenvalue weighted by Gasteiger charge is -2.21. The maximum Gasteiger partial charge on any atom is 0.194 e. The standard InChI is InChI=1S/C25H20N4OS/c1-29-21-12-17(31-25(21)28-24(29)15-7-3-2-4-8-15)11-20-22(16(13-26)14-27)18-9-5-6-10-19(18)23(20)30/h5-6,9-12,15H,2-4,7-8H2,1H3/b20-11-. The molecule has 0 amide bonds. The van der Waals surface area contributed by atoms with Crippen molar-refractivity contribution in [3.05, 3.63) is 63.3 Å². The molecule has 0 radical (unpaired) electrons. The Morgan fingerprint density at radius 2 is 1.87 bits per heavy atom. The third-order valence-electron chi connectivity index (χ3n) is 6.32. The molecular weight excluding hydrogens is 404 g/mol. The van der Waals surface area contributed by atoms with Gasteiger partial charge in [-0.05, 0) is 30.5 Å². The first-order valence-electron chi connectivity index (χ1n) is 10.5. The van der Waals surface area contributed by atoms with E-state index in [1.807, 2.05) is 18.2 Å². The van der Waals surface area contributed by atoms with E-state index in [9.17, 15) is 15.3 Å². The number of allylic oxidation sites excluding steroid dienone is 3. The predicted molar refractivity (Wildman–Crippen MR) is 121 cm³/mol. The zero-order valence-corrected chi connectivity index (χ0v) is 18.0. The number of imidazole rings is 1. The maximum atomic E-state index is 13.1. The van der Waals surface area contributed by atoms with Crippen LogP contribution >= 0.6 is 11.3 Å². The fourth-order valence-electron chi connectivity index (χ4n) is 4.80. The van der Waals surface area contributed by atoms with Crippen molar-refractivity contribution in [1.82, 2.24) is 9.55 Å². The molecule has 0 aliphatic heterocycles. The predicted octanol–water partition coefficient (Wildman–Crippen LogP) is 5.76. The summed E-state index contributed by atoms with van der Waals surface area (Å²) in [5.74, 6) is 1.53. The van der Waals surface area contributed by atoms with E-state index in [2.05, 4.69) is 17.7 Å². The van der Waals surface area contributed by atoms with Gasteiger partial charge in [0.2, 0.25) is 0 Å². The van der Waals surface area contributed by atoms with Gasteiger partial charge in [0.05, 0.1) is 5.52 Å². The number of carbonyl (C=O) groups excluding carboxylic acids is 1. The topological polar surface area (TPSA) is 82.5 Å². The number of rotatable bonds is 2. The first-order chi connectivity index (χ1) is 15.1. The van der Waals surface area contributed by atoms with Gasteiger partial charge in [0.15, 0.2) is 5.78 Å². The van der Waals surface area contributed by atoms with Crippen LogP contribution in [-0.2, 0) is 7.05 Å².